The van der Waals surface area contributed by atoms with E-state index in [4.69, 9.17) is 5.73 Å². The highest BCUT2D eigenvalue weighted by Crippen LogP contribution is 2.29. The number of rotatable bonds is 2. The molecule has 0 amide bonds. The van der Waals surface area contributed by atoms with E-state index in [0.717, 1.165) is 16.4 Å². The van der Waals surface area contributed by atoms with Gasteiger partial charge in [-0.25, -0.2) is 17.2 Å². The molecule has 20 heavy (non-hydrogen) atoms. The normalized spacial score (nSPS) is 24.8. The Kier molecular flexibility index (Phi) is 3.74. The summed E-state index contributed by atoms with van der Waals surface area (Å²) >= 11 is 0. The molecule has 0 aromatic heterocycles. The molecule has 0 saturated carbocycles. The molecule has 112 valence electrons. The Morgan fingerprint density at radius 2 is 1.90 bits per heavy atom. The minimum Gasteiger partial charge on any atom is -0.399 e. The number of hydrogen-bond acceptors (Lipinski definition) is 4. The van der Waals surface area contributed by atoms with Crippen LogP contribution in [0.15, 0.2) is 17.0 Å². The summed E-state index contributed by atoms with van der Waals surface area (Å²) in [5.74, 6) is -2.46. The first kappa shape index (κ1) is 15.1. The van der Waals surface area contributed by atoms with Crippen molar-refractivity contribution in [2.24, 2.45) is 0 Å². The zero-order valence-corrected chi connectivity index (χ0v) is 11.8. The van der Waals surface area contributed by atoms with Crippen molar-refractivity contribution in [1.29, 1.82) is 0 Å². The van der Waals surface area contributed by atoms with Crippen molar-refractivity contribution in [3.8, 4) is 0 Å². The molecule has 1 aromatic rings. The molecule has 2 rings (SSSR count). The van der Waals surface area contributed by atoms with Crippen molar-refractivity contribution >= 4 is 15.7 Å². The summed E-state index contributed by atoms with van der Waals surface area (Å²) in [5, 5.41) is 9.92. The standard InChI is InChI=1S/C12H16F2N2O3S/c1-12(17)3-2-4-16(7-12)20(18,19)11-9(13)5-8(15)6-10(11)14/h5-6,17H,2-4,7,15H2,1H3. The van der Waals surface area contributed by atoms with E-state index < -0.39 is 32.2 Å². The Labute approximate surface area is 116 Å². The van der Waals surface area contributed by atoms with E-state index in [9.17, 15) is 22.3 Å². The van der Waals surface area contributed by atoms with Crippen molar-refractivity contribution in [1.82, 2.24) is 4.31 Å². The molecule has 1 saturated heterocycles. The lowest BCUT2D eigenvalue weighted by Crippen LogP contribution is -2.48. The van der Waals surface area contributed by atoms with E-state index in [-0.39, 0.29) is 18.8 Å². The molecule has 0 spiro atoms. The number of hydrogen-bond donors (Lipinski definition) is 2. The van der Waals surface area contributed by atoms with Crippen LogP contribution in [0.1, 0.15) is 19.8 Å². The Bertz CT molecular complexity index is 609. The Morgan fingerprint density at radius 1 is 1.35 bits per heavy atom. The number of nitrogens with zero attached hydrogens (tertiary/aromatic N) is 1. The summed E-state index contributed by atoms with van der Waals surface area (Å²) in [7, 11) is -4.34. The number of nitrogens with two attached hydrogens (primary N) is 1. The van der Waals surface area contributed by atoms with Crippen LogP contribution in [0.4, 0.5) is 14.5 Å². The molecule has 8 heteroatoms. The lowest BCUT2D eigenvalue weighted by Gasteiger charge is -2.36. The van der Waals surface area contributed by atoms with Crippen molar-refractivity contribution in [3.63, 3.8) is 0 Å². The second-order valence-corrected chi connectivity index (χ2v) is 7.13. The summed E-state index contributed by atoms with van der Waals surface area (Å²) in [6.07, 6.45) is 0.857. The van der Waals surface area contributed by atoms with E-state index in [1.807, 2.05) is 0 Å². The van der Waals surface area contributed by atoms with Gasteiger partial charge in [0.15, 0.2) is 4.90 Å². The van der Waals surface area contributed by atoms with Crippen molar-refractivity contribution in [2.75, 3.05) is 18.8 Å². The first-order chi connectivity index (χ1) is 9.13. The van der Waals surface area contributed by atoms with E-state index >= 15 is 0 Å². The van der Waals surface area contributed by atoms with Gasteiger partial charge in [0.05, 0.1) is 5.60 Å². The summed E-state index contributed by atoms with van der Waals surface area (Å²) in [4.78, 5) is -1.02. The minimum atomic E-state index is -4.34. The van der Waals surface area contributed by atoms with Gasteiger partial charge in [-0.1, -0.05) is 0 Å². The summed E-state index contributed by atoms with van der Waals surface area (Å²) in [5.41, 5.74) is 3.87. The van der Waals surface area contributed by atoms with Crippen molar-refractivity contribution < 1.29 is 22.3 Å². The quantitative estimate of drug-likeness (QED) is 0.801. The SMILES string of the molecule is CC1(O)CCCN(S(=O)(=O)c2c(F)cc(N)cc2F)C1. The fourth-order valence-electron chi connectivity index (χ4n) is 2.33. The maximum atomic E-state index is 13.8. The average Bonchev–Trinajstić information content (AvgIpc) is 2.25. The fourth-order valence-corrected chi connectivity index (χ4v) is 4.02. The van der Waals surface area contributed by atoms with Gasteiger partial charge in [-0.2, -0.15) is 4.31 Å². The zero-order valence-electron chi connectivity index (χ0n) is 10.9. The number of benzene rings is 1. The van der Waals surface area contributed by atoms with Gasteiger partial charge < -0.3 is 10.8 Å². The summed E-state index contributed by atoms with van der Waals surface area (Å²) < 4.78 is 53.1. The number of aliphatic hydroxyl groups is 1. The van der Waals surface area contributed by atoms with Crippen LogP contribution in [-0.2, 0) is 10.0 Å². The first-order valence-corrected chi connectivity index (χ1v) is 7.54. The second-order valence-electron chi connectivity index (χ2n) is 5.25. The molecular formula is C12H16F2N2O3S. The Balaban J connectivity index is 2.46. The third-order valence-electron chi connectivity index (χ3n) is 3.26. The monoisotopic (exact) mass is 306 g/mol. The largest absolute Gasteiger partial charge is 0.399 e. The third kappa shape index (κ3) is 2.77. The predicted molar refractivity (Wildman–Crippen MR) is 69.4 cm³/mol. The van der Waals surface area contributed by atoms with E-state index in [1.165, 1.54) is 6.92 Å². The average molecular weight is 306 g/mol. The van der Waals surface area contributed by atoms with Crippen LogP contribution in [0.5, 0.6) is 0 Å². The van der Waals surface area contributed by atoms with Crippen LogP contribution >= 0.6 is 0 Å². The van der Waals surface area contributed by atoms with Crippen LogP contribution in [0, 0.1) is 11.6 Å². The molecule has 1 unspecified atom stereocenters. The van der Waals surface area contributed by atoms with Crippen LogP contribution < -0.4 is 5.73 Å². The molecule has 0 aliphatic carbocycles. The van der Waals surface area contributed by atoms with Gasteiger partial charge in [-0.15, -0.1) is 0 Å². The maximum absolute atomic E-state index is 13.8. The summed E-state index contributed by atoms with van der Waals surface area (Å²) in [6.45, 7) is 1.41. The molecule has 1 aliphatic rings. The summed E-state index contributed by atoms with van der Waals surface area (Å²) in [6, 6.07) is 1.52. The Hall–Kier alpha value is -1.25. The lowest BCUT2D eigenvalue weighted by atomic mass is 9.97. The molecule has 1 aromatic carbocycles. The van der Waals surface area contributed by atoms with Crippen molar-refractivity contribution in [3.05, 3.63) is 23.8 Å². The van der Waals surface area contributed by atoms with Crippen LogP contribution in [0.25, 0.3) is 0 Å². The fraction of sp³-hybridized carbons (Fsp3) is 0.500. The van der Waals surface area contributed by atoms with Gasteiger partial charge in [0.2, 0.25) is 10.0 Å². The van der Waals surface area contributed by atoms with Gasteiger partial charge >= 0.3 is 0 Å². The first-order valence-electron chi connectivity index (χ1n) is 6.10. The molecule has 1 heterocycles. The molecule has 1 aliphatic heterocycles. The van der Waals surface area contributed by atoms with Gasteiger partial charge in [0.25, 0.3) is 0 Å². The molecule has 0 bridgehead atoms. The van der Waals surface area contributed by atoms with Gasteiger partial charge in [0, 0.05) is 18.8 Å². The van der Waals surface area contributed by atoms with Crippen LogP contribution in [-0.4, -0.2) is 36.5 Å². The third-order valence-corrected chi connectivity index (χ3v) is 5.16. The number of anilines is 1. The number of piperidine rings is 1. The van der Waals surface area contributed by atoms with E-state index in [0.29, 0.717) is 12.8 Å². The molecule has 0 radical (unpaired) electrons. The lowest BCUT2D eigenvalue weighted by molar-refractivity contribution is 0.00928. The second kappa shape index (κ2) is 4.94. The highest BCUT2D eigenvalue weighted by Gasteiger charge is 2.38. The number of nitrogen functional groups attached to an aromatic ring is 1. The smallest absolute Gasteiger partial charge is 0.249 e. The zero-order chi connectivity index (χ0) is 15.1. The van der Waals surface area contributed by atoms with E-state index in [2.05, 4.69) is 0 Å². The molecule has 1 atom stereocenters. The highest BCUT2D eigenvalue weighted by atomic mass is 32.2. The van der Waals surface area contributed by atoms with E-state index in [1.54, 1.807) is 0 Å². The molecule has 1 fully saturated rings. The molecular weight excluding hydrogens is 290 g/mol. The minimum absolute atomic E-state index is 0.113. The number of halogens is 2. The van der Waals surface area contributed by atoms with Gasteiger partial charge in [0.1, 0.15) is 11.6 Å². The molecule has 3 N–H and O–H groups in total. The topological polar surface area (TPSA) is 83.6 Å². The van der Waals surface area contributed by atoms with Crippen LogP contribution in [0.3, 0.4) is 0 Å². The number of sulfonamides is 1. The maximum Gasteiger partial charge on any atom is 0.249 e. The molecule has 5 nitrogen and oxygen atoms in total. The number of β-amino-alcohol motifs (C(OH)–C–C–N with tert-alkyl or cyclic N) is 1. The Morgan fingerprint density at radius 3 is 2.40 bits per heavy atom. The highest BCUT2D eigenvalue weighted by molar-refractivity contribution is 7.89. The predicted octanol–water partition coefficient (Wildman–Crippen LogP) is 1.08. The van der Waals surface area contributed by atoms with Crippen LogP contribution in [0.2, 0.25) is 0 Å². The van der Waals surface area contributed by atoms with Gasteiger partial charge in [-0.3, -0.25) is 0 Å². The van der Waals surface area contributed by atoms with Crippen molar-refractivity contribution in [2.45, 2.75) is 30.3 Å². The van der Waals surface area contributed by atoms with Gasteiger partial charge in [-0.05, 0) is 31.9 Å².